The Morgan fingerprint density at radius 2 is 2.03 bits per heavy atom. The topological polar surface area (TPSA) is 82.7 Å². The van der Waals surface area contributed by atoms with E-state index < -0.39 is 0 Å². The number of anilines is 1. The lowest BCUT2D eigenvalue weighted by atomic mass is 10.2. The molecule has 5 rings (SSSR count). The second-order valence-electron chi connectivity index (χ2n) is 6.88. The summed E-state index contributed by atoms with van der Waals surface area (Å²) in [6, 6.07) is 13.2. The number of aromatic nitrogens is 4. The van der Waals surface area contributed by atoms with Crippen molar-refractivity contribution in [2.45, 2.75) is 19.6 Å². The summed E-state index contributed by atoms with van der Waals surface area (Å²) in [4.78, 5) is 17.2. The van der Waals surface area contributed by atoms with Crippen molar-refractivity contribution in [1.82, 2.24) is 19.2 Å². The van der Waals surface area contributed by atoms with Crippen LogP contribution in [0.2, 0.25) is 0 Å². The van der Waals surface area contributed by atoms with Crippen molar-refractivity contribution in [3.05, 3.63) is 72.4 Å². The number of nitrogens with zero attached hydrogens (tertiary/aromatic N) is 4. The Balaban J connectivity index is 1.28. The average Bonchev–Trinajstić information content (AvgIpc) is 3.30. The van der Waals surface area contributed by atoms with Crippen LogP contribution in [0.15, 0.2) is 61.1 Å². The Hall–Kier alpha value is -3.81. The van der Waals surface area contributed by atoms with E-state index in [9.17, 15) is 4.79 Å². The molecule has 8 nitrogen and oxygen atoms in total. The Morgan fingerprint density at radius 3 is 2.93 bits per heavy atom. The number of carbonyl (C=O) groups is 1. The van der Waals surface area contributed by atoms with Crippen molar-refractivity contribution >= 4 is 17.2 Å². The van der Waals surface area contributed by atoms with E-state index in [1.165, 1.54) is 0 Å². The molecule has 4 aromatic rings. The highest BCUT2D eigenvalue weighted by Crippen LogP contribution is 2.31. The molecule has 1 N–H and O–H groups in total. The summed E-state index contributed by atoms with van der Waals surface area (Å²) in [7, 11) is 0. The van der Waals surface area contributed by atoms with E-state index in [-0.39, 0.29) is 12.0 Å². The SMILES string of the molecule is Cc1nc2ccccn2c1C(=O)Nc1cnn(CC2COc3ccccc3O2)c1. The van der Waals surface area contributed by atoms with Crippen molar-refractivity contribution in [3.63, 3.8) is 0 Å². The molecule has 0 saturated carbocycles. The predicted molar refractivity (Wildman–Crippen MR) is 106 cm³/mol. The molecule has 1 aliphatic rings. The molecule has 0 saturated heterocycles. The molecular weight excluding hydrogens is 370 g/mol. The lowest BCUT2D eigenvalue weighted by Gasteiger charge is -2.26. The van der Waals surface area contributed by atoms with Gasteiger partial charge in [0.15, 0.2) is 17.6 Å². The molecule has 0 fully saturated rings. The number of ether oxygens (including phenoxy) is 2. The minimum atomic E-state index is -0.230. The maximum absolute atomic E-state index is 12.8. The van der Waals surface area contributed by atoms with Gasteiger partial charge in [-0.3, -0.25) is 13.9 Å². The number of benzene rings is 1. The summed E-state index contributed by atoms with van der Waals surface area (Å²) in [6.45, 7) is 2.78. The van der Waals surface area contributed by atoms with Crippen LogP contribution in [0.25, 0.3) is 5.65 Å². The molecule has 29 heavy (non-hydrogen) atoms. The summed E-state index contributed by atoms with van der Waals surface area (Å²) in [5.41, 5.74) is 2.53. The Labute approximate surface area is 166 Å². The van der Waals surface area contributed by atoms with Gasteiger partial charge < -0.3 is 14.8 Å². The van der Waals surface area contributed by atoms with Crippen LogP contribution in [-0.4, -0.2) is 37.8 Å². The fourth-order valence-electron chi connectivity index (χ4n) is 3.47. The van der Waals surface area contributed by atoms with Crippen molar-refractivity contribution < 1.29 is 14.3 Å². The normalized spacial score (nSPS) is 15.4. The first-order valence-corrected chi connectivity index (χ1v) is 9.33. The third-order valence-electron chi connectivity index (χ3n) is 4.77. The zero-order valence-corrected chi connectivity index (χ0v) is 15.8. The molecule has 0 aliphatic carbocycles. The van der Waals surface area contributed by atoms with Crippen molar-refractivity contribution in [2.24, 2.45) is 0 Å². The van der Waals surface area contributed by atoms with E-state index >= 15 is 0 Å². The maximum Gasteiger partial charge on any atom is 0.274 e. The van der Waals surface area contributed by atoms with Crippen LogP contribution in [-0.2, 0) is 6.54 Å². The number of hydrogen-bond acceptors (Lipinski definition) is 5. The first-order chi connectivity index (χ1) is 14.2. The quantitative estimate of drug-likeness (QED) is 0.580. The van der Waals surface area contributed by atoms with Gasteiger partial charge in [0, 0.05) is 12.4 Å². The van der Waals surface area contributed by atoms with E-state index in [1.54, 1.807) is 21.5 Å². The van der Waals surface area contributed by atoms with E-state index in [2.05, 4.69) is 15.4 Å². The maximum atomic E-state index is 12.8. The minimum absolute atomic E-state index is 0.158. The number of nitrogens with one attached hydrogen (secondary N) is 1. The van der Waals surface area contributed by atoms with E-state index in [0.29, 0.717) is 30.2 Å². The molecule has 3 aromatic heterocycles. The zero-order valence-electron chi connectivity index (χ0n) is 15.8. The molecule has 1 amide bonds. The minimum Gasteiger partial charge on any atom is -0.486 e. The average molecular weight is 389 g/mol. The number of amides is 1. The van der Waals surface area contributed by atoms with Gasteiger partial charge in [0.05, 0.1) is 24.1 Å². The smallest absolute Gasteiger partial charge is 0.274 e. The summed E-state index contributed by atoms with van der Waals surface area (Å²) in [6.07, 6.45) is 5.06. The monoisotopic (exact) mass is 389 g/mol. The highest BCUT2D eigenvalue weighted by atomic mass is 16.6. The number of rotatable bonds is 4. The Morgan fingerprint density at radius 1 is 1.21 bits per heavy atom. The molecule has 0 bridgehead atoms. The van der Waals surface area contributed by atoms with Crippen LogP contribution >= 0.6 is 0 Å². The van der Waals surface area contributed by atoms with Gasteiger partial charge in [-0.25, -0.2) is 4.98 Å². The molecule has 146 valence electrons. The summed E-state index contributed by atoms with van der Waals surface area (Å²) < 4.78 is 15.2. The van der Waals surface area contributed by atoms with Crippen molar-refractivity contribution in [3.8, 4) is 11.5 Å². The van der Waals surface area contributed by atoms with E-state index in [0.717, 1.165) is 17.1 Å². The van der Waals surface area contributed by atoms with Crippen LogP contribution in [0.5, 0.6) is 11.5 Å². The summed E-state index contributed by atoms with van der Waals surface area (Å²) in [5, 5.41) is 7.22. The third kappa shape index (κ3) is 3.29. The summed E-state index contributed by atoms with van der Waals surface area (Å²) >= 11 is 0. The molecule has 0 radical (unpaired) electrons. The standard InChI is InChI=1S/C21H19N5O3/c1-14-20(26-9-5-4-8-19(26)23-14)21(27)24-15-10-22-25(11-15)12-16-13-28-17-6-2-3-7-18(17)29-16/h2-11,16H,12-13H2,1H3,(H,24,27). The Kier molecular flexibility index (Phi) is 4.16. The second-order valence-corrected chi connectivity index (χ2v) is 6.88. The number of fused-ring (bicyclic) bond motifs is 2. The van der Waals surface area contributed by atoms with Gasteiger partial charge in [-0.15, -0.1) is 0 Å². The molecule has 1 aliphatic heterocycles. The molecule has 0 spiro atoms. The molecule has 1 atom stereocenters. The van der Waals surface area contributed by atoms with Crippen LogP contribution in [0.3, 0.4) is 0 Å². The predicted octanol–water partition coefficient (Wildman–Crippen LogP) is 2.93. The fourth-order valence-corrected chi connectivity index (χ4v) is 3.47. The first kappa shape index (κ1) is 17.3. The Bertz CT molecular complexity index is 1200. The largest absolute Gasteiger partial charge is 0.486 e. The van der Waals surface area contributed by atoms with E-state index in [4.69, 9.17) is 9.47 Å². The van der Waals surface area contributed by atoms with Crippen molar-refractivity contribution in [2.75, 3.05) is 11.9 Å². The van der Waals surface area contributed by atoms with Gasteiger partial charge in [0.25, 0.3) is 5.91 Å². The third-order valence-corrected chi connectivity index (χ3v) is 4.77. The van der Waals surface area contributed by atoms with E-state index in [1.807, 2.05) is 55.6 Å². The number of para-hydroxylation sites is 2. The molecule has 1 unspecified atom stereocenters. The number of pyridine rings is 1. The molecule has 1 aromatic carbocycles. The molecule has 8 heteroatoms. The van der Waals surface area contributed by atoms with Crippen LogP contribution in [0, 0.1) is 6.92 Å². The molecule has 4 heterocycles. The van der Waals surface area contributed by atoms with Crippen LogP contribution in [0.4, 0.5) is 5.69 Å². The van der Waals surface area contributed by atoms with Gasteiger partial charge in [-0.05, 0) is 31.2 Å². The zero-order chi connectivity index (χ0) is 19.8. The van der Waals surface area contributed by atoms with Gasteiger partial charge in [0.1, 0.15) is 17.9 Å². The highest BCUT2D eigenvalue weighted by Gasteiger charge is 2.22. The number of aryl methyl sites for hydroxylation is 1. The van der Waals surface area contributed by atoms with Gasteiger partial charge >= 0.3 is 0 Å². The van der Waals surface area contributed by atoms with Gasteiger partial charge in [-0.2, -0.15) is 5.10 Å². The lowest BCUT2D eigenvalue weighted by Crippen LogP contribution is -2.33. The highest BCUT2D eigenvalue weighted by molar-refractivity contribution is 6.04. The number of hydrogen-bond donors (Lipinski definition) is 1. The van der Waals surface area contributed by atoms with Crippen LogP contribution < -0.4 is 14.8 Å². The first-order valence-electron chi connectivity index (χ1n) is 9.33. The van der Waals surface area contributed by atoms with Crippen molar-refractivity contribution in [1.29, 1.82) is 0 Å². The van der Waals surface area contributed by atoms with Crippen LogP contribution in [0.1, 0.15) is 16.2 Å². The second kappa shape index (κ2) is 6.97. The summed E-state index contributed by atoms with van der Waals surface area (Å²) in [5.74, 6) is 1.25. The number of carbonyl (C=O) groups excluding carboxylic acids is 1. The number of imidazole rings is 1. The molecular formula is C21H19N5O3. The van der Waals surface area contributed by atoms with Gasteiger partial charge in [0.2, 0.25) is 0 Å². The fraction of sp³-hybridized carbons (Fsp3) is 0.190. The van der Waals surface area contributed by atoms with Gasteiger partial charge in [-0.1, -0.05) is 18.2 Å². The lowest BCUT2D eigenvalue weighted by molar-refractivity contribution is 0.0759.